The third-order valence-corrected chi connectivity index (χ3v) is 4.86. The first kappa shape index (κ1) is 15.2. The van der Waals surface area contributed by atoms with Crippen molar-refractivity contribution in [1.29, 1.82) is 0 Å². The Balaban J connectivity index is 1.81. The molecular formula is C15H20N4O2S. The van der Waals surface area contributed by atoms with E-state index in [-0.39, 0.29) is 18.1 Å². The van der Waals surface area contributed by atoms with E-state index >= 15 is 0 Å². The molecule has 0 radical (unpaired) electrons. The van der Waals surface area contributed by atoms with Crippen LogP contribution in [0.4, 0.5) is 0 Å². The van der Waals surface area contributed by atoms with Crippen molar-refractivity contribution in [2.24, 2.45) is 7.05 Å². The van der Waals surface area contributed by atoms with E-state index in [4.69, 9.17) is 4.74 Å². The molecule has 118 valence electrons. The number of methoxy groups -OCH3 is 1. The largest absolute Gasteiger partial charge is 0.379 e. The smallest absolute Gasteiger partial charge is 0.273 e. The molecule has 2 aromatic heterocycles. The second-order valence-corrected chi connectivity index (χ2v) is 6.67. The summed E-state index contributed by atoms with van der Waals surface area (Å²) in [5.74, 6) is -0.00205. The molecular weight excluding hydrogens is 300 g/mol. The Morgan fingerprint density at radius 3 is 2.95 bits per heavy atom. The molecule has 2 atom stereocenters. The number of thiazole rings is 1. The van der Waals surface area contributed by atoms with Gasteiger partial charge in [-0.25, -0.2) is 4.98 Å². The number of likely N-dealkylation sites (tertiary alicyclic amines) is 1. The lowest BCUT2D eigenvalue weighted by atomic mass is 10.0. The molecule has 1 saturated heterocycles. The van der Waals surface area contributed by atoms with Gasteiger partial charge in [-0.1, -0.05) is 0 Å². The van der Waals surface area contributed by atoms with Crippen LogP contribution >= 0.6 is 11.3 Å². The molecule has 1 fully saturated rings. The number of hydrogen-bond donors (Lipinski definition) is 0. The summed E-state index contributed by atoms with van der Waals surface area (Å²) in [6, 6.07) is 0.0312. The maximum absolute atomic E-state index is 12.7. The van der Waals surface area contributed by atoms with Crippen LogP contribution in [-0.2, 0) is 18.2 Å². The molecule has 6 nitrogen and oxygen atoms in total. The maximum atomic E-state index is 12.7. The molecule has 0 spiro atoms. The minimum absolute atomic E-state index is 0.00205. The van der Waals surface area contributed by atoms with Gasteiger partial charge in [0.25, 0.3) is 5.91 Å². The van der Waals surface area contributed by atoms with E-state index in [1.807, 2.05) is 36.6 Å². The van der Waals surface area contributed by atoms with Crippen molar-refractivity contribution in [2.45, 2.75) is 31.9 Å². The number of hydrogen-bond acceptors (Lipinski definition) is 5. The summed E-state index contributed by atoms with van der Waals surface area (Å²) < 4.78 is 7.37. The number of rotatable bonds is 4. The van der Waals surface area contributed by atoms with Crippen LogP contribution in [0, 0.1) is 6.92 Å². The van der Waals surface area contributed by atoms with Crippen LogP contribution in [0.2, 0.25) is 0 Å². The summed E-state index contributed by atoms with van der Waals surface area (Å²) in [6.45, 7) is 2.62. The quantitative estimate of drug-likeness (QED) is 0.859. The average molecular weight is 320 g/mol. The van der Waals surface area contributed by atoms with E-state index in [2.05, 4.69) is 10.1 Å². The summed E-state index contributed by atoms with van der Waals surface area (Å²) >= 11 is 1.50. The second kappa shape index (κ2) is 6.18. The van der Waals surface area contributed by atoms with Crippen molar-refractivity contribution in [3.05, 3.63) is 34.0 Å². The van der Waals surface area contributed by atoms with Gasteiger partial charge >= 0.3 is 0 Å². The zero-order valence-electron chi connectivity index (χ0n) is 13.0. The van der Waals surface area contributed by atoms with E-state index in [0.717, 1.165) is 23.4 Å². The Morgan fingerprint density at radius 1 is 1.55 bits per heavy atom. The van der Waals surface area contributed by atoms with Crippen molar-refractivity contribution in [1.82, 2.24) is 19.7 Å². The van der Waals surface area contributed by atoms with Crippen molar-refractivity contribution in [2.75, 3.05) is 13.7 Å². The predicted molar refractivity (Wildman–Crippen MR) is 84.0 cm³/mol. The Kier molecular flexibility index (Phi) is 4.26. The molecule has 0 aliphatic carbocycles. The van der Waals surface area contributed by atoms with Crippen LogP contribution in [0.15, 0.2) is 17.8 Å². The molecule has 0 unspecified atom stereocenters. The molecule has 3 heterocycles. The average Bonchev–Trinajstić information content (AvgIpc) is 3.19. The second-order valence-electron chi connectivity index (χ2n) is 5.61. The standard InChI is InChI=1S/C15H20N4O2S/c1-10-17-12(9-22-10)15(20)19-5-4-14(21-3)13(19)6-11-7-16-18(2)8-11/h7-9,13-14H,4-6H2,1-3H3/t13-,14+/m0/s1. The van der Waals surface area contributed by atoms with E-state index in [0.29, 0.717) is 12.2 Å². The molecule has 7 heteroatoms. The van der Waals surface area contributed by atoms with Crippen LogP contribution < -0.4 is 0 Å². The monoisotopic (exact) mass is 320 g/mol. The van der Waals surface area contributed by atoms with Crippen LogP contribution in [0.5, 0.6) is 0 Å². The molecule has 0 saturated carbocycles. The maximum Gasteiger partial charge on any atom is 0.273 e. The Labute approximate surface area is 133 Å². The van der Waals surface area contributed by atoms with E-state index in [9.17, 15) is 4.79 Å². The Bertz CT molecular complexity index is 666. The summed E-state index contributed by atoms with van der Waals surface area (Å²) in [6.07, 6.45) is 5.50. The fraction of sp³-hybridized carbons (Fsp3) is 0.533. The van der Waals surface area contributed by atoms with Crippen molar-refractivity contribution in [3.8, 4) is 0 Å². The minimum Gasteiger partial charge on any atom is -0.379 e. The first-order valence-electron chi connectivity index (χ1n) is 7.32. The molecule has 2 aromatic rings. The Morgan fingerprint density at radius 2 is 2.36 bits per heavy atom. The van der Waals surface area contributed by atoms with Gasteiger partial charge in [-0.15, -0.1) is 11.3 Å². The zero-order chi connectivity index (χ0) is 15.7. The normalized spacial score (nSPS) is 21.5. The summed E-state index contributed by atoms with van der Waals surface area (Å²) in [5, 5.41) is 6.95. The van der Waals surface area contributed by atoms with Gasteiger partial charge in [-0.05, 0) is 25.3 Å². The third kappa shape index (κ3) is 2.91. The molecule has 0 bridgehead atoms. The molecule has 3 rings (SSSR count). The lowest BCUT2D eigenvalue weighted by Crippen LogP contribution is -2.41. The highest BCUT2D eigenvalue weighted by Crippen LogP contribution is 2.26. The fourth-order valence-electron chi connectivity index (χ4n) is 3.02. The number of amides is 1. The van der Waals surface area contributed by atoms with E-state index in [1.165, 1.54) is 11.3 Å². The number of aromatic nitrogens is 3. The number of carbonyl (C=O) groups excluding carboxylic acids is 1. The van der Waals surface area contributed by atoms with Gasteiger partial charge in [0.2, 0.25) is 0 Å². The van der Waals surface area contributed by atoms with E-state index in [1.54, 1.807) is 11.8 Å². The number of ether oxygens (including phenoxy) is 1. The van der Waals surface area contributed by atoms with Crippen molar-refractivity contribution in [3.63, 3.8) is 0 Å². The van der Waals surface area contributed by atoms with Crippen LogP contribution in [0.25, 0.3) is 0 Å². The fourth-order valence-corrected chi connectivity index (χ4v) is 3.61. The number of nitrogens with zero attached hydrogens (tertiary/aromatic N) is 4. The molecule has 1 aliphatic rings. The van der Waals surface area contributed by atoms with Gasteiger partial charge < -0.3 is 9.64 Å². The first-order chi connectivity index (χ1) is 10.6. The van der Waals surface area contributed by atoms with Crippen molar-refractivity contribution >= 4 is 17.2 Å². The van der Waals surface area contributed by atoms with Crippen molar-refractivity contribution < 1.29 is 9.53 Å². The topological polar surface area (TPSA) is 60.2 Å². The summed E-state index contributed by atoms with van der Waals surface area (Å²) in [7, 11) is 3.61. The van der Waals surface area contributed by atoms with Crippen LogP contribution in [0.1, 0.15) is 27.5 Å². The van der Waals surface area contributed by atoms with Gasteiger partial charge in [-0.2, -0.15) is 5.10 Å². The van der Waals surface area contributed by atoms with Crippen LogP contribution in [-0.4, -0.2) is 51.4 Å². The highest BCUT2D eigenvalue weighted by Gasteiger charge is 2.38. The molecule has 1 amide bonds. The first-order valence-corrected chi connectivity index (χ1v) is 8.20. The van der Waals surface area contributed by atoms with Gasteiger partial charge in [0.1, 0.15) is 5.69 Å². The van der Waals surface area contributed by atoms with Gasteiger partial charge in [-0.3, -0.25) is 9.48 Å². The summed E-state index contributed by atoms with van der Waals surface area (Å²) in [5.41, 5.74) is 1.65. The third-order valence-electron chi connectivity index (χ3n) is 4.09. The van der Waals surface area contributed by atoms with Crippen LogP contribution in [0.3, 0.4) is 0 Å². The van der Waals surface area contributed by atoms with Gasteiger partial charge in [0.05, 0.1) is 23.4 Å². The summed E-state index contributed by atoms with van der Waals surface area (Å²) in [4.78, 5) is 18.9. The zero-order valence-corrected chi connectivity index (χ0v) is 13.8. The van der Waals surface area contributed by atoms with Gasteiger partial charge in [0, 0.05) is 32.3 Å². The number of carbonyl (C=O) groups is 1. The molecule has 0 N–H and O–H groups in total. The lowest BCUT2D eigenvalue weighted by Gasteiger charge is -2.26. The Hall–Kier alpha value is -1.73. The molecule has 1 aliphatic heterocycles. The lowest BCUT2D eigenvalue weighted by molar-refractivity contribution is 0.0505. The minimum atomic E-state index is -0.00205. The predicted octanol–water partition coefficient (Wildman–Crippen LogP) is 1.66. The number of aryl methyl sites for hydroxylation is 2. The highest BCUT2D eigenvalue weighted by molar-refractivity contribution is 7.09. The molecule has 0 aromatic carbocycles. The van der Waals surface area contributed by atoms with E-state index < -0.39 is 0 Å². The van der Waals surface area contributed by atoms with Gasteiger partial charge in [0.15, 0.2) is 0 Å². The molecule has 22 heavy (non-hydrogen) atoms. The SMILES string of the molecule is CO[C@@H]1CCN(C(=O)c2csc(C)n2)[C@H]1Cc1cnn(C)c1. The highest BCUT2D eigenvalue weighted by atomic mass is 32.1.